The highest BCUT2D eigenvalue weighted by molar-refractivity contribution is 5.88. The van der Waals surface area contributed by atoms with Crippen molar-refractivity contribution < 1.29 is 4.79 Å². The van der Waals surface area contributed by atoms with Crippen LogP contribution in [0, 0.1) is 0 Å². The number of carbonyl (C=O) groups is 1. The summed E-state index contributed by atoms with van der Waals surface area (Å²) in [6.45, 7) is 0. The molecule has 1 unspecified atom stereocenters. The van der Waals surface area contributed by atoms with Crippen LogP contribution in [0.1, 0.15) is 17.3 Å². The fourth-order valence-corrected chi connectivity index (χ4v) is 3.13. The van der Waals surface area contributed by atoms with Crippen molar-refractivity contribution in [3.8, 4) is 0 Å². The average Bonchev–Trinajstić information content (AvgIpc) is 3.21. The quantitative estimate of drug-likeness (QED) is 0.567. The number of carbonyl (C=O) groups excluding carboxylic acids is 1. The first-order valence-corrected chi connectivity index (χ1v) is 7.34. The molecule has 1 aromatic carbocycles. The molecule has 0 fully saturated rings. The molecular weight excluding hydrogens is 308 g/mol. The Morgan fingerprint density at radius 3 is 2.75 bits per heavy atom. The molecule has 8 nitrogen and oxygen atoms in total. The molecule has 0 bridgehead atoms. The number of hydrogen-bond acceptors (Lipinski definition) is 5. The number of nitrogens with one attached hydrogen (secondary N) is 1. The van der Waals surface area contributed by atoms with E-state index in [1.807, 2.05) is 30.3 Å². The van der Waals surface area contributed by atoms with Crippen LogP contribution in [-0.4, -0.2) is 30.2 Å². The SMILES string of the molecule is O=C1NC(c2ccccc2)c2cc3c(cnc4ncnn43)c(=O)n21. The molecule has 1 aliphatic rings. The highest BCUT2D eigenvalue weighted by Crippen LogP contribution is 2.27. The lowest BCUT2D eigenvalue weighted by Gasteiger charge is -2.11. The van der Waals surface area contributed by atoms with Gasteiger partial charge in [-0.1, -0.05) is 30.3 Å². The summed E-state index contributed by atoms with van der Waals surface area (Å²) in [5.74, 6) is 0.403. The van der Waals surface area contributed by atoms with Crippen molar-refractivity contribution in [2.45, 2.75) is 6.04 Å². The van der Waals surface area contributed by atoms with E-state index in [-0.39, 0.29) is 6.04 Å². The topological polar surface area (TPSA) is 94.2 Å². The summed E-state index contributed by atoms with van der Waals surface area (Å²) < 4.78 is 2.66. The van der Waals surface area contributed by atoms with E-state index < -0.39 is 11.6 Å². The van der Waals surface area contributed by atoms with E-state index in [1.54, 1.807) is 6.07 Å². The highest BCUT2D eigenvalue weighted by Gasteiger charge is 2.32. The van der Waals surface area contributed by atoms with Crippen LogP contribution in [0.2, 0.25) is 0 Å². The molecule has 4 aromatic rings. The van der Waals surface area contributed by atoms with Gasteiger partial charge in [0.25, 0.3) is 11.3 Å². The summed E-state index contributed by atoms with van der Waals surface area (Å²) in [5, 5.41) is 7.29. The maximum atomic E-state index is 12.8. The van der Waals surface area contributed by atoms with E-state index in [0.717, 1.165) is 10.1 Å². The van der Waals surface area contributed by atoms with E-state index in [1.165, 1.54) is 17.0 Å². The first-order chi connectivity index (χ1) is 11.7. The fourth-order valence-electron chi connectivity index (χ4n) is 3.13. The van der Waals surface area contributed by atoms with Gasteiger partial charge in [0.1, 0.15) is 6.33 Å². The molecule has 0 saturated carbocycles. The molecule has 0 saturated heterocycles. The second-order valence-corrected chi connectivity index (χ2v) is 5.53. The summed E-state index contributed by atoms with van der Waals surface area (Å²) >= 11 is 0. The third-order valence-electron chi connectivity index (χ3n) is 4.22. The van der Waals surface area contributed by atoms with Gasteiger partial charge in [-0.25, -0.2) is 14.3 Å². The first-order valence-electron chi connectivity index (χ1n) is 7.34. The zero-order valence-electron chi connectivity index (χ0n) is 12.2. The summed E-state index contributed by atoms with van der Waals surface area (Å²) in [6, 6.07) is 10.5. The number of nitrogens with zero attached hydrogens (tertiary/aromatic N) is 5. The molecule has 1 atom stereocenters. The number of hydrogen-bond donors (Lipinski definition) is 1. The Labute approximate surface area is 134 Å². The van der Waals surface area contributed by atoms with Crippen molar-refractivity contribution in [1.29, 1.82) is 0 Å². The monoisotopic (exact) mass is 318 g/mol. The standard InChI is InChI=1S/C16H10N6O2/c23-14-10-7-17-15-18-8-19-22(15)11(10)6-12-13(20-16(24)21(12)14)9-4-2-1-3-5-9/h1-8,13H,(H,20,24). The third kappa shape index (κ3) is 1.59. The number of aromatic nitrogens is 5. The average molecular weight is 318 g/mol. The summed E-state index contributed by atoms with van der Waals surface area (Å²) in [4.78, 5) is 33.2. The summed E-state index contributed by atoms with van der Waals surface area (Å²) in [6.07, 6.45) is 2.81. The van der Waals surface area contributed by atoms with Gasteiger partial charge in [0.15, 0.2) is 0 Å². The Bertz CT molecular complexity index is 1180. The molecule has 5 rings (SSSR count). The van der Waals surface area contributed by atoms with Crippen LogP contribution in [0.15, 0.2) is 53.7 Å². The van der Waals surface area contributed by atoms with Gasteiger partial charge in [-0.05, 0) is 11.6 Å². The molecule has 1 N–H and O–H groups in total. The maximum absolute atomic E-state index is 12.8. The van der Waals surface area contributed by atoms with Crippen molar-refractivity contribution in [2.24, 2.45) is 0 Å². The Kier molecular flexibility index (Phi) is 2.41. The number of rotatable bonds is 1. The van der Waals surface area contributed by atoms with E-state index in [4.69, 9.17) is 0 Å². The molecule has 4 heterocycles. The van der Waals surface area contributed by atoms with Gasteiger partial charge in [0, 0.05) is 6.20 Å². The van der Waals surface area contributed by atoms with Crippen molar-refractivity contribution in [2.75, 3.05) is 0 Å². The van der Waals surface area contributed by atoms with Crippen molar-refractivity contribution in [3.05, 3.63) is 70.5 Å². The maximum Gasteiger partial charge on any atom is 0.329 e. The van der Waals surface area contributed by atoms with Gasteiger partial charge in [-0.2, -0.15) is 14.6 Å². The lowest BCUT2D eigenvalue weighted by atomic mass is 10.0. The second-order valence-electron chi connectivity index (χ2n) is 5.53. The molecule has 3 aromatic heterocycles. The largest absolute Gasteiger partial charge is 0.329 e. The zero-order chi connectivity index (χ0) is 16.3. The predicted octanol–water partition coefficient (Wildman–Crippen LogP) is 1.10. The highest BCUT2D eigenvalue weighted by atomic mass is 16.2. The molecule has 0 radical (unpaired) electrons. The van der Waals surface area contributed by atoms with E-state index in [0.29, 0.717) is 22.4 Å². The first kappa shape index (κ1) is 12.9. The Hall–Kier alpha value is -3.55. The van der Waals surface area contributed by atoms with Crippen LogP contribution in [0.5, 0.6) is 0 Å². The summed E-state index contributed by atoms with van der Waals surface area (Å²) in [5.41, 5.74) is 1.64. The zero-order valence-corrected chi connectivity index (χ0v) is 12.2. The molecule has 1 aliphatic heterocycles. The number of benzene rings is 1. The van der Waals surface area contributed by atoms with Gasteiger partial charge < -0.3 is 5.32 Å². The Morgan fingerprint density at radius 2 is 1.92 bits per heavy atom. The van der Waals surface area contributed by atoms with Gasteiger partial charge in [0.2, 0.25) is 0 Å². The Morgan fingerprint density at radius 1 is 1.08 bits per heavy atom. The van der Waals surface area contributed by atoms with Crippen LogP contribution in [-0.2, 0) is 0 Å². The van der Waals surface area contributed by atoms with E-state index in [9.17, 15) is 9.59 Å². The van der Waals surface area contributed by atoms with Crippen molar-refractivity contribution in [3.63, 3.8) is 0 Å². The van der Waals surface area contributed by atoms with Crippen molar-refractivity contribution in [1.82, 2.24) is 29.5 Å². The minimum absolute atomic E-state index is 0.320. The Balaban J connectivity index is 1.88. The molecule has 116 valence electrons. The number of amides is 1. The molecule has 24 heavy (non-hydrogen) atoms. The lowest BCUT2D eigenvalue weighted by Crippen LogP contribution is -2.29. The van der Waals surface area contributed by atoms with Crippen LogP contribution in [0.4, 0.5) is 4.79 Å². The minimum atomic E-state index is -0.440. The van der Waals surface area contributed by atoms with Gasteiger partial charge in [-0.3, -0.25) is 4.79 Å². The van der Waals surface area contributed by atoms with Crippen LogP contribution in [0.25, 0.3) is 16.7 Å². The van der Waals surface area contributed by atoms with Crippen LogP contribution in [0.3, 0.4) is 0 Å². The van der Waals surface area contributed by atoms with Crippen molar-refractivity contribution >= 4 is 22.7 Å². The second kappa shape index (κ2) is 4.48. The minimum Gasteiger partial charge on any atom is -0.325 e. The van der Waals surface area contributed by atoms with Crippen LogP contribution < -0.4 is 10.9 Å². The third-order valence-corrected chi connectivity index (χ3v) is 4.22. The molecule has 8 heteroatoms. The predicted molar refractivity (Wildman–Crippen MR) is 84.8 cm³/mol. The lowest BCUT2D eigenvalue weighted by molar-refractivity contribution is 0.245. The fraction of sp³-hybridized carbons (Fsp3) is 0.0625. The van der Waals surface area contributed by atoms with Gasteiger partial charge in [0.05, 0.1) is 22.6 Å². The molecular formula is C16H10N6O2. The van der Waals surface area contributed by atoms with E-state index >= 15 is 0 Å². The summed E-state index contributed by atoms with van der Waals surface area (Å²) in [7, 11) is 0. The van der Waals surface area contributed by atoms with E-state index in [2.05, 4.69) is 20.4 Å². The smallest absolute Gasteiger partial charge is 0.325 e. The van der Waals surface area contributed by atoms with Gasteiger partial charge in [-0.15, -0.1) is 0 Å². The number of pyridine rings is 1. The molecule has 0 aliphatic carbocycles. The number of fused-ring (bicyclic) bond motifs is 4. The van der Waals surface area contributed by atoms with Gasteiger partial charge >= 0.3 is 6.03 Å². The molecule has 0 spiro atoms. The normalized spacial score (nSPS) is 16.5. The van der Waals surface area contributed by atoms with Crippen LogP contribution >= 0.6 is 0 Å². The molecule has 1 amide bonds.